The average molecular weight is 300 g/mol. The van der Waals surface area contributed by atoms with E-state index in [1.54, 1.807) is 45.0 Å². The molecule has 0 saturated heterocycles. The Hall–Kier alpha value is -1.44. The van der Waals surface area contributed by atoms with Crippen LogP contribution in [0.1, 0.15) is 26.3 Å². The highest BCUT2D eigenvalue weighted by atomic mass is 32.2. The lowest BCUT2D eigenvalue weighted by molar-refractivity contribution is -0.156. The Balaban J connectivity index is 2.88. The first-order chi connectivity index (χ1) is 9.07. The van der Waals surface area contributed by atoms with Crippen LogP contribution < -0.4 is 9.86 Å². The molecule has 0 bridgehead atoms. The van der Waals surface area contributed by atoms with Crippen molar-refractivity contribution in [3.63, 3.8) is 0 Å². The molecule has 1 rings (SSSR count). The smallest absolute Gasteiger partial charge is 0.325 e. The van der Waals surface area contributed by atoms with E-state index >= 15 is 0 Å². The van der Waals surface area contributed by atoms with Gasteiger partial charge in [0.15, 0.2) is 0 Å². The second kappa shape index (κ2) is 6.34. The Morgan fingerprint density at radius 1 is 1.30 bits per heavy atom. The molecular weight excluding hydrogens is 280 g/mol. The molecule has 0 aliphatic heterocycles. The van der Waals surface area contributed by atoms with Crippen LogP contribution in [0.4, 0.5) is 0 Å². The van der Waals surface area contributed by atoms with Crippen molar-refractivity contribution in [1.82, 2.24) is 4.72 Å². The summed E-state index contributed by atoms with van der Waals surface area (Å²) in [6, 6.07) is 7.98. The second-order valence-corrected chi connectivity index (χ2v) is 6.76. The summed E-state index contributed by atoms with van der Waals surface area (Å²) in [5.74, 6) is -0.657. The molecule has 0 spiro atoms. The zero-order valence-corrected chi connectivity index (χ0v) is 12.6. The standard InChI is InChI=1S/C13H20N2O4S/c1-13(2,3)19-12(16)11(15-20(14,17)18)9-10-7-5-4-6-8-10/h4-8,11,15H,9H2,1-3H3,(H2,14,17,18)/t11-/m0/s1. The summed E-state index contributed by atoms with van der Waals surface area (Å²) in [5, 5.41) is 4.94. The zero-order valence-electron chi connectivity index (χ0n) is 11.8. The van der Waals surface area contributed by atoms with Gasteiger partial charge in [-0.2, -0.15) is 13.1 Å². The highest BCUT2D eigenvalue weighted by molar-refractivity contribution is 7.87. The molecule has 0 saturated carbocycles. The molecule has 0 amide bonds. The molecule has 0 heterocycles. The minimum Gasteiger partial charge on any atom is -0.459 e. The number of carbonyl (C=O) groups excluding carboxylic acids is 1. The summed E-state index contributed by atoms with van der Waals surface area (Å²) in [5.41, 5.74) is 0.103. The van der Waals surface area contributed by atoms with Crippen molar-refractivity contribution >= 4 is 16.2 Å². The van der Waals surface area contributed by atoms with Crippen LogP contribution in [0.15, 0.2) is 30.3 Å². The molecular formula is C13H20N2O4S. The summed E-state index contributed by atoms with van der Waals surface area (Å²) < 4.78 is 29.6. The molecule has 0 aliphatic carbocycles. The van der Waals surface area contributed by atoms with E-state index in [1.165, 1.54) is 0 Å². The van der Waals surface area contributed by atoms with Gasteiger partial charge < -0.3 is 4.74 Å². The Labute approximate surface area is 119 Å². The van der Waals surface area contributed by atoms with Gasteiger partial charge in [0, 0.05) is 0 Å². The van der Waals surface area contributed by atoms with Gasteiger partial charge in [0.25, 0.3) is 10.2 Å². The Morgan fingerprint density at radius 2 is 1.85 bits per heavy atom. The van der Waals surface area contributed by atoms with Crippen molar-refractivity contribution in [2.75, 3.05) is 0 Å². The fraction of sp³-hybridized carbons (Fsp3) is 0.462. The summed E-state index contributed by atoms with van der Waals surface area (Å²) in [4.78, 5) is 12.0. The van der Waals surface area contributed by atoms with Gasteiger partial charge in [-0.3, -0.25) is 4.79 Å². The van der Waals surface area contributed by atoms with E-state index in [1.807, 2.05) is 6.07 Å². The van der Waals surface area contributed by atoms with Gasteiger partial charge in [-0.05, 0) is 32.8 Å². The number of hydrogen-bond acceptors (Lipinski definition) is 4. The molecule has 3 N–H and O–H groups in total. The van der Waals surface area contributed by atoms with Crippen LogP contribution >= 0.6 is 0 Å². The zero-order chi connectivity index (χ0) is 15.4. The molecule has 1 aromatic carbocycles. The Bertz CT molecular complexity index is 549. The number of benzene rings is 1. The van der Waals surface area contributed by atoms with Crippen LogP contribution in [0.2, 0.25) is 0 Å². The van der Waals surface area contributed by atoms with Gasteiger partial charge in [0.2, 0.25) is 0 Å². The van der Waals surface area contributed by atoms with Crippen LogP contribution in [0.3, 0.4) is 0 Å². The van der Waals surface area contributed by atoms with Gasteiger partial charge in [-0.1, -0.05) is 30.3 Å². The highest BCUT2D eigenvalue weighted by Gasteiger charge is 2.27. The van der Waals surface area contributed by atoms with Gasteiger partial charge in [-0.25, -0.2) is 5.14 Å². The number of hydrogen-bond donors (Lipinski definition) is 2. The van der Waals surface area contributed by atoms with Crippen LogP contribution in [0.5, 0.6) is 0 Å². The third-order valence-corrected chi connectivity index (χ3v) is 2.89. The number of esters is 1. The largest absolute Gasteiger partial charge is 0.459 e. The average Bonchev–Trinajstić information content (AvgIpc) is 2.25. The predicted molar refractivity (Wildman–Crippen MR) is 76.0 cm³/mol. The third-order valence-electron chi connectivity index (χ3n) is 2.28. The summed E-state index contributed by atoms with van der Waals surface area (Å²) in [6.07, 6.45) is 0.173. The molecule has 1 atom stereocenters. The van der Waals surface area contributed by atoms with Gasteiger partial charge in [0.05, 0.1) is 0 Å². The Morgan fingerprint density at radius 3 is 2.30 bits per heavy atom. The van der Waals surface area contributed by atoms with E-state index in [0.717, 1.165) is 5.56 Å². The molecule has 0 aromatic heterocycles. The Kier molecular flexibility index (Phi) is 5.27. The maximum absolute atomic E-state index is 12.0. The van der Waals surface area contributed by atoms with E-state index in [-0.39, 0.29) is 6.42 Å². The topological polar surface area (TPSA) is 98.5 Å². The number of nitrogens with two attached hydrogens (primary N) is 1. The summed E-state index contributed by atoms with van der Waals surface area (Å²) in [7, 11) is -3.99. The first-order valence-corrected chi connectivity index (χ1v) is 7.68. The van der Waals surface area contributed by atoms with Crippen LogP contribution in [0.25, 0.3) is 0 Å². The van der Waals surface area contributed by atoms with Crippen LogP contribution in [0, 0.1) is 0 Å². The molecule has 1 aromatic rings. The molecule has 20 heavy (non-hydrogen) atoms. The quantitative estimate of drug-likeness (QED) is 0.783. The lowest BCUT2D eigenvalue weighted by Gasteiger charge is -2.24. The fourth-order valence-corrected chi connectivity index (χ4v) is 2.17. The van der Waals surface area contributed by atoms with Gasteiger partial charge in [-0.15, -0.1) is 0 Å². The van der Waals surface area contributed by atoms with Crippen LogP contribution in [-0.2, 0) is 26.2 Å². The lowest BCUT2D eigenvalue weighted by Crippen LogP contribution is -2.47. The maximum Gasteiger partial charge on any atom is 0.325 e. The van der Waals surface area contributed by atoms with Crippen molar-refractivity contribution in [1.29, 1.82) is 0 Å². The number of ether oxygens (including phenoxy) is 1. The third kappa shape index (κ3) is 6.65. The van der Waals surface area contributed by atoms with Gasteiger partial charge >= 0.3 is 5.97 Å². The summed E-state index contributed by atoms with van der Waals surface area (Å²) in [6.45, 7) is 5.13. The van der Waals surface area contributed by atoms with Crippen LogP contribution in [-0.4, -0.2) is 26.0 Å². The number of nitrogens with one attached hydrogen (secondary N) is 1. The van der Waals surface area contributed by atoms with Crippen molar-refractivity contribution in [3.8, 4) is 0 Å². The summed E-state index contributed by atoms with van der Waals surface area (Å²) >= 11 is 0. The highest BCUT2D eigenvalue weighted by Crippen LogP contribution is 2.11. The van der Waals surface area contributed by atoms with Crippen molar-refractivity contribution < 1.29 is 17.9 Å². The first kappa shape index (κ1) is 16.6. The minimum atomic E-state index is -3.99. The van der Waals surface area contributed by atoms with E-state index < -0.39 is 27.8 Å². The van der Waals surface area contributed by atoms with E-state index in [4.69, 9.17) is 9.88 Å². The molecule has 6 nitrogen and oxygen atoms in total. The van der Waals surface area contributed by atoms with E-state index in [0.29, 0.717) is 0 Å². The molecule has 7 heteroatoms. The molecule has 0 unspecified atom stereocenters. The molecule has 0 fully saturated rings. The van der Waals surface area contributed by atoms with E-state index in [9.17, 15) is 13.2 Å². The van der Waals surface area contributed by atoms with Crippen molar-refractivity contribution in [2.45, 2.75) is 38.8 Å². The lowest BCUT2D eigenvalue weighted by atomic mass is 10.1. The van der Waals surface area contributed by atoms with E-state index in [2.05, 4.69) is 4.72 Å². The fourth-order valence-electron chi connectivity index (χ4n) is 1.59. The van der Waals surface area contributed by atoms with Gasteiger partial charge in [0.1, 0.15) is 11.6 Å². The minimum absolute atomic E-state index is 0.173. The monoisotopic (exact) mass is 300 g/mol. The molecule has 0 aliphatic rings. The normalized spacial score (nSPS) is 13.8. The number of rotatable bonds is 5. The van der Waals surface area contributed by atoms with Crippen molar-refractivity contribution in [2.24, 2.45) is 5.14 Å². The predicted octanol–water partition coefficient (Wildman–Crippen LogP) is 0.733. The maximum atomic E-state index is 12.0. The van der Waals surface area contributed by atoms with Crippen molar-refractivity contribution in [3.05, 3.63) is 35.9 Å². The molecule has 112 valence electrons. The SMILES string of the molecule is CC(C)(C)OC(=O)[C@H](Cc1ccccc1)NS(N)(=O)=O. The molecule has 0 radical (unpaired) electrons. The number of carbonyl (C=O) groups is 1. The first-order valence-electron chi connectivity index (χ1n) is 6.14. The second-order valence-electron chi connectivity index (χ2n) is 5.44.